The topological polar surface area (TPSA) is 48.1 Å². The molecule has 1 heterocycles. The number of methoxy groups -OCH3 is 1. The summed E-state index contributed by atoms with van der Waals surface area (Å²) in [4.78, 5) is 4.20. The zero-order valence-electron chi connectivity index (χ0n) is 9.38. The smallest absolute Gasteiger partial charge is 0.128 e. The van der Waals surface area contributed by atoms with E-state index >= 15 is 0 Å². The summed E-state index contributed by atoms with van der Waals surface area (Å²) in [5.41, 5.74) is 7.81. The Hall–Kier alpha value is -1.16. The van der Waals surface area contributed by atoms with Crippen LogP contribution in [-0.2, 0) is 6.42 Å². The van der Waals surface area contributed by atoms with Gasteiger partial charge in [0.25, 0.3) is 0 Å². The fraction of sp³-hybridized carbons (Fsp3) is 0.545. The lowest BCUT2D eigenvalue weighted by Crippen LogP contribution is -2.19. The molecule has 0 aromatic carbocycles. The molecular formula is C11H17FN2O. The van der Waals surface area contributed by atoms with E-state index in [1.807, 2.05) is 13.8 Å². The molecule has 1 aromatic heterocycles. The van der Waals surface area contributed by atoms with Crippen LogP contribution < -0.4 is 10.5 Å². The minimum Gasteiger partial charge on any atom is -0.496 e. The van der Waals surface area contributed by atoms with Gasteiger partial charge in [-0.15, -0.1) is 0 Å². The Bertz CT molecular complexity index is 342. The fourth-order valence-electron chi connectivity index (χ4n) is 1.57. The van der Waals surface area contributed by atoms with Gasteiger partial charge in [-0.3, -0.25) is 4.98 Å². The van der Waals surface area contributed by atoms with Gasteiger partial charge in [0.05, 0.1) is 7.11 Å². The molecule has 84 valence electrons. The van der Waals surface area contributed by atoms with Gasteiger partial charge >= 0.3 is 0 Å². The average molecular weight is 212 g/mol. The van der Waals surface area contributed by atoms with Gasteiger partial charge in [0.15, 0.2) is 0 Å². The molecule has 4 heteroatoms. The van der Waals surface area contributed by atoms with Crippen LogP contribution >= 0.6 is 0 Å². The third-order valence-electron chi connectivity index (χ3n) is 2.42. The maximum atomic E-state index is 13.1. The van der Waals surface area contributed by atoms with E-state index in [1.165, 1.54) is 0 Å². The van der Waals surface area contributed by atoms with Crippen molar-refractivity contribution in [1.29, 1.82) is 0 Å². The first-order valence-electron chi connectivity index (χ1n) is 4.93. The van der Waals surface area contributed by atoms with E-state index in [0.29, 0.717) is 0 Å². The molecule has 0 amide bonds. The predicted octanol–water partition coefficient (Wildman–Crippen LogP) is 1.55. The average Bonchev–Trinajstić information content (AvgIpc) is 2.23. The highest BCUT2D eigenvalue weighted by atomic mass is 19.1. The lowest BCUT2D eigenvalue weighted by Gasteiger charge is -2.13. The summed E-state index contributed by atoms with van der Waals surface area (Å²) in [6.07, 6.45) is 0.909. The second kappa shape index (κ2) is 5.07. The number of aryl methyl sites for hydroxylation is 1. The molecule has 0 saturated carbocycles. The van der Waals surface area contributed by atoms with Crippen molar-refractivity contribution in [2.75, 3.05) is 13.7 Å². The van der Waals surface area contributed by atoms with E-state index in [-0.39, 0.29) is 13.0 Å². The molecule has 3 nitrogen and oxygen atoms in total. The summed E-state index contributed by atoms with van der Waals surface area (Å²) >= 11 is 0. The number of alkyl halides is 1. The minimum absolute atomic E-state index is 0.0251. The van der Waals surface area contributed by atoms with Crippen LogP contribution in [0.1, 0.15) is 16.8 Å². The number of pyridine rings is 1. The Kier molecular flexibility index (Phi) is 4.03. The zero-order valence-corrected chi connectivity index (χ0v) is 9.38. The maximum absolute atomic E-state index is 13.1. The van der Waals surface area contributed by atoms with Crippen LogP contribution in [-0.4, -0.2) is 24.8 Å². The van der Waals surface area contributed by atoms with Crippen molar-refractivity contribution in [3.8, 4) is 5.75 Å². The largest absolute Gasteiger partial charge is 0.496 e. The van der Waals surface area contributed by atoms with Crippen LogP contribution in [0.3, 0.4) is 0 Å². The summed E-state index contributed by atoms with van der Waals surface area (Å²) in [5, 5.41) is 0. The van der Waals surface area contributed by atoms with Gasteiger partial charge in [0.1, 0.15) is 11.9 Å². The number of aromatic nitrogens is 1. The molecule has 0 radical (unpaired) electrons. The summed E-state index contributed by atoms with van der Waals surface area (Å²) in [6, 6.07) is 0. The van der Waals surface area contributed by atoms with Gasteiger partial charge in [-0.05, 0) is 13.8 Å². The molecule has 1 aromatic rings. The summed E-state index contributed by atoms with van der Waals surface area (Å²) in [7, 11) is 1.61. The fourth-order valence-corrected chi connectivity index (χ4v) is 1.57. The minimum atomic E-state index is -1.04. The van der Waals surface area contributed by atoms with Crippen molar-refractivity contribution in [2.45, 2.75) is 26.4 Å². The quantitative estimate of drug-likeness (QED) is 0.823. The van der Waals surface area contributed by atoms with Crippen molar-refractivity contribution in [1.82, 2.24) is 4.98 Å². The highest BCUT2D eigenvalue weighted by molar-refractivity contribution is 5.41. The van der Waals surface area contributed by atoms with Gasteiger partial charge in [-0.1, -0.05) is 0 Å². The lowest BCUT2D eigenvalue weighted by atomic mass is 10.1. The molecule has 0 bridgehead atoms. The second-order valence-corrected chi connectivity index (χ2v) is 3.58. The lowest BCUT2D eigenvalue weighted by molar-refractivity contribution is 0.336. The third kappa shape index (κ3) is 2.65. The molecule has 1 atom stereocenters. The van der Waals surface area contributed by atoms with Crippen molar-refractivity contribution in [2.24, 2.45) is 5.73 Å². The van der Waals surface area contributed by atoms with Gasteiger partial charge in [-0.2, -0.15) is 0 Å². The van der Waals surface area contributed by atoms with Gasteiger partial charge in [0.2, 0.25) is 0 Å². The van der Waals surface area contributed by atoms with Crippen LogP contribution in [0.25, 0.3) is 0 Å². The number of nitrogens with zero attached hydrogens (tertiary/aromatic N) is 1. The van der Waals surface area contributed by atoms with Crippen LogP contribution in [0.2, 0.25) is 0 Å². The van der Waals surface area contributed by atoms with Gasteiger partial charge < -0.3 is 10.5 Å². The molecule has 0 fully saturated rings. The first-order valence-corrected chi connectivity index (χ1v) is 4.93. The Balaban J connectivity index is 2.99. The van der Waals surface area contributed by atoms with E-state index in [1.54, 1.807) is 13.3 Å². The molecule has 15 heavy (non-hydrogen) atoms. The first-order chi connectivity index (χ1) is 7.10. The van der Waals surface area contributed by atoms with Crippen LogP contribution in [0.5, 0.6) is 5.75 Å². The molecule has 0 aliphatic heterocycles. The van der Waals surface area contributed by atoms with E-state index in [2.05, 4.69) is 4.98 Å². The standard InChI is InChI=1S/C11H17FN2O/c1-7-6-14-10(4-9(12)5-13)8(2)11(7)15-3/h6,9H,4-5,13H2,1-3H3. The van der Waals surface area contributed by atoms with E-state index in [9.17, 15) is 4.39 Å². The highest BCUT2D eigenvalue weighted by Crippen LogP contribution is 2.24. The summed E-state index contributed by atoms with van der Waals surface area (Å²) in [6.45, 7) is 3.83. The van der Waals surface area contributed by atoms with Crippen molar-refractivity contribution >= 4 is 0 Å². The Morgan fingerprint density at radius 1 is 1.53 bits per heavy atom. The van der Waals surface area contributed by atoms with Crippen LogP contribution in [0.15, 0.2) is 6.20 Å². The van der Waals surface area contributed by atoms with E-state index in [4.69, 9.17) is 10.5 Å². The zero-order chi connectivity index (χ0) is 11.4. The molecular weight excluding hydrogens is 195 g/mol. The van der Waals surface area contributed by atoms with E-state index in [0.717, 1.165) is 22.6 Å². The predicted molar refractivity (Wildman–Crippen MR) is 57.9 cm³/mol. The molecule has 0 spiro atoms. The number of hydrogen-bond donors (Lipinski definition) is 1. The Morgan fingerprint density at radius 2 is 2.20 bits per heavy atom. The van der Waals surface area contributed by atoms with Crippen molar-refractivity contribution in [3.05, 3.63) is 23.0 Å². The van der Waals surface area contributed by atoms with Gasteiger partial charge in [-0.25, -0.2) is 4.39 Å². The number of ether oxygens (including phenoxy) is 1. The van der Waals surface area contributed by atoms with Crippen LogP contribution in [0.4, 0.5) is 4.39 Å². The molecule has 0 aliphatic carbocycles. The number of rotatable bonds is 4. The first kappa shape index (κ1) is 11.9. The highest BCUT2D eigenvalue weighted by Gasteiger charge is 2.13. The summed E-state index contributed by atoms with van der Waals surface area (Å²) < 4.78 is 18.4. The van der Waals surface area contributed by atoms with Crippen molar-refractivity contribution in [3.63, 3.8) is 0 Å². The van der Waals surface area contributed by atoms with Crippen molar-refractivity contribution < 1.29 is 9.13 Å². The molecule has 1 rings (SSSR count). The molecule has 2 N–H and O–H groups in total. The number of hydrogen-bond acceptors (Lipinski definition) is 3. The third-order valence-corrected chi connectivity index (χ3v) is 2.42. The monoisotopic (exact) mass is 212 g/mol. The maximum Gasteiger partial charge on any atom is 0.128 e. The van der Waals surface area contributed by atoms with Gasteiger partial charge in [0, 0.05) is 36.0 Å². The SMILES string of the molecule is COc1c(C)cnc(CC(F)CN)c1C. The Morgan fingerprint density at radius 3 is 2.73 bits per heavy atom. The van der Waals surface area contributed by atoms with E-state index < -0.39 is 6.17 Å². The van der Waals surface area contributed by atoms with Crippen LogP contribution in [0, 0.1) is 13.8 Å². The normalized spacial score (nSPS) is 12.6. The number of nitrogens with two attached hydrogens (primary N) is 1. The molecule has 0 saturated heterocycles. The summed E-state index contributed by atoms with van der Waals surface area (Å²) in [5.74, 6) is 0.782. The molecule has 1 unspecified atom stereocenters. The second-order valence-electron chi connectivity index (χ2n) is 3.58. The number of halogens is 1. The Labute approximate surface area is 89.5 Å². The molecule has 0 aliphatic rings.